The first kappa shape index (κ1) is 6.60. The van der Waals surface area contributed by atoms with Crippen LogP contribution in [0.15, 0.2) is 0 Å². The molecule has 0 aromatic carbocycles. The Hall–Kier alpha value is -1.10. The minimum atomic E-state index is -0.249. The van der Waals surface area contributed by atoms with Crippen LogP contribution in [0.1, 0.15) is 0 Å². The Kier molecular flexibility index (Phi) is 1.32. The van der Waals surface area contributed by atoms with E-state index in [1.54, 1.807) is 4.90 Å². The number of rotatable bonds is 1. The fourth-order valence-electron chi connectivity index (χ4n) is 1.25. The summed E-state index contributed by atoms with van der Waals surface area (Å²) >= 11 is 0. The third kappa shape index (κ3) is 0.970. The molecule has 0 bridgehead atoms. The number of carbonyl (C=O) groups excluding carboxylic acids is 2. The van der Waals surface area contributed by atoms with E-state index in [0.717, 1.165) is 13.1 Å². The van der Waals surface area contributed by atoms with Gasteiger partial charge in [0.05, 0.1) is 6.04 Å². The molecule has 2 fully saturated rings. The second-order valence-corrected chi connectivity index (χ2v) is 2.79. The number of amides is 3. The van der Waals surface area contributed by atoms with E-state index in [9.17, 15) is 9.59 Å². The van der Waals surface area contributed by atoms with Crippen molar-refractivity contribution in [1.82, 2.24) is 15.5 Å². The number of carbonyl (C=O) groups is 2. The summed E-state index contributed by atoms with van der Waals surface area (Å²) in [5, 5.41) is 5.28. The van der Waals surface area contributed by atoms with E-state index < -0.39 is 0 Å². The molecule has 2 saturated heterocycles. The van der Waals surface area contributed by atoms with Gasteiger partial charge in [0.25, 0.3) is 0 Å². The van der Waals surface area contributed by atoms with E-state index in [1.165, 1.54) is 0 Å². The Labute approximate surface area is 63.7 Å². The summed E-state index contributed by atoms with van der Waals surface area (Å²) in [6, 6.07) is -0.0250. The van der Waals surface area contributed by atoms with E-state index in [4.69, 9.17) is 0 Å². The van der Waals surface area contributed by atoms with Crippen LogP contribution in [0.3, 0.4) is 0 Å². The first-order valence-corrected chi connectivity index (χ1v) is 3.58. The molecular weight excluding hydrogens is 146 g/mol. The summed E-state index contributed by atoms with van der Waals surface area (Å²) in [5.41, 5.74) is 0. The van der Waals surface area contributed by atoms with Gasteiger partial charge < -0.3 is 10.2 Å². The van der Waals surface area contributed by atoms with Crippen molar-refractivity contribution >= 4 is 11.9 Å². The Balaban J connectivity index is 2.02. The van der Waals surface area contributed by atoms with E-state index in [2.05, 4.69) is 10.6 Å². The maximum Gasteiger partial charge on any atom is 0.324 e. The molecule has 0 aliphatic carbocycles. The molecule has 2 rings (SSSR count). The molecule has 5 heteroatoms. The topological polar surface area (TPSA) is 61.4 Å². The van der Waals surface area contributed by atoms with Gasteiger partial charge in [-0.15, -0.1) is 0 Å². The SMILES string of the molecule is O=C1CN(C2CNC2)C(=O)N1. The van der Waals surface area contributed by atoms with Gasteiger partial charge in [-0.1, -0.05) is 0 Å². The van der Waals surface area contributed by atoms with Crippen molar-refractivity contribution < 1.29 is 9.59 Å². The van der Waals surface area contributed by atoms with Gasteiger partial charge in [0.1, 0.15) is 6.54 Å². The van der Waals surface area contributed by atoms with Crippen LogP contribution in [0, 0.1) is 0 Å². The number of hydrogen-bond donors (Lipinski definition) is 2. The van der Waals surface area contributed by atoms with Crippen LogP contribution >= 0.6 is 0 Å². The summed E-state index contributed by atoms with van der Waals surface area (Å²) < 4.78 is 0. The molecule has 2 N–H and O–H groups in total. The van der Waals surface area contributed by atoms with Crippen LogP contribution in [0.4, 0.5) is 4.79 Å². The molecule has 0 aromatic rings. The minimum Gasteiger partial charge on any atom is -0.313 e. The lowest BCUT2D eigenvalue weighted by atomic mass is 10.1. The first-order chi connectivity index (χ1) is 5.27. The molecule has 2 aliphatic heterocycles. The first-order valence-electron chi connectivity index (χ1n) is 3.58. The smallest absolute Gasteiger partial charge is 0.313 e. The Morgan fingerprint density at radius 3 is 2.45 bits per heavy atom. The predicted molar refractivity (Wildman–Crippen MR) is 36.9 cm³/mol. The monoisotopic (exact) mass is 155 g/mol. The molecule has 0 saturated carbocycles. The summed E-state index contributed by atoms with van der Waals surface area (Å²) in [5.74, 6) is -0.193. The average Bonchev–Trinajstić information content (AvgIpc) is 2.07. The Morgan fingerprint density at radius 1 is 1.36 bits per heavy atom. The van der Waals surface area contributed by atoms with Gasteiger partial charge in [0.15, 0.2) is 0 Å². The van der Waals surface area contributed by atoms with E-state index in [0.29, 0.717) is 0 Å². The minimum absolute atomic E-state index is 0.193. The standard InChI is InChI=1S/C6H9N3O2/c10-5-3-9(6(11)8-5)4-1-7-2-4/h4,7H,1-3H2,(H,8,10,11). The van der Waals surface area contributed by atoms with Crippen molar-refractivity contribution in [3.8, 4) is 0 Å². The van der Waals surface area contributed by atoms with Gasteiger partial charge in [-0.2, -0.15) is 0 Å². The summed E-state index contributed by atoms with van der Waals surface area (Å²) in [4.78, 5) is 23.3. The molecule has 0 radical (unpaired) electrons. The van der Waals surface area contributed by atoms with E-state index >= 15 is 0 Å². The second kappa shape index (κ2) is 2.20. The molecule has 3 amide bonds. The number of nitrogens with zero attached hydrogens (tertiary/aromatic N) is 1. The number of nitrogens with one attached hydrogen (secondary N) is 2. The largest absolute Gasteiger partial charge is 0.324 e. The lowest BCUT2D eigenvalue weighted by molar-refractivity contribution is -0.118. The number of imide groups is 1. The van der Waals surface area contributed by atoms with E-state index in [1.807, 2.05) is 0 Å². The number of hydrogen-bond acceptors (Lipinski definition) is 3. The molecule has 0 spiro atoms. The van der Waals surface area contributed by atoms with E-state index in [-0.39, 0.29) is 24.5 Å². The van der Waals surface area contributed by atoms with Crippen molar-refractivity contribution in [3.05, 3.63) is 0 Å². The molecule has 0 atom stereocenters. The molecule has 60 valence electrons. The van der Waals surface area contributed by atoms with Gasteiger partial charge in [-0.3, -0.25) is 10.1 Å². The highest BCUT2D eigenvalue weighted by Crippen LogP contribution is 2.08. The second-order valence-electron chi connectivity index (χ2n) is 2.79. The lowest BCUT2D eigenvalue weighted by Gasteiger charge is -2.33. The zero-order chi connectivity index (χ0) is 7.84. The summed E-state index contributed by atoms with van der Waals surface area (Å²) in [6.45, 7) is 1.84. The third-order valence-corrected chi connectivity index (χ3v) is 2.02. The van der Waals surface area contributed by atoms with Gasteiger partial charge in [-0.25, -0.2) is 4.79 Å². The normalized spacial score (nSPS) is 25.3. The van der Waals surface area contributed by atoms with Crippen molar-refractivity contribution in [3.63, 3.8) is 0 Å². The van der Waals surface area contributed by atoms with Crippen LogP contribution in [-0.2, 0) is 4.79 Å². The van der Waals surface area contributed by atoms with Crippen LogP contribution in [0.25, 0.3) is 0 Å². The van der Waals surface area contributed by atoms with Gasteiger partial charge in [-0.05, 0) is 0 Å². The molecule has 2 aliphatic rings. The maximum absolute atomic E-state index is 11.0. The van der Waals surface area contributed by atoms with Crippen LogP contribution < -0.4 is 10.6 Å². The highest BCUT2D eigenvalue weighted by Gasteiger charge is 2.35. The van der Waals surface area contributed by atoms with Crippen molar-refractivity contribution in [2.45, 2.75) is 6.04 Å². The van der Waals surface area contributed by atoms with Gasteiger partial charge in [0.2, 0.25) is 5.91 Å². The fourth-order valence-corrected chi connectivity index (χ4v) is 1.25. The zero-order valence-electron chi connectivity index (χ0n) is 5.96. The average molecular weight is 155 g/mol. The third-order valence-electron chi connectivity index (χ3n) is 2.02. The van der Waals surface area contributed by atoms with Gasteiger partial charge >= 0.3 is 6.03 Å². The predicted octanol–water partition coefficient (Wildman–Crippen LogP) is -1.49. The Morgan fingerprint density at radius 2 is 2.09 bits per heavy atom. The quantitative estimate of drug-likeness (QED) is 0.453. The van der Waals surface area contributed by atoms with Crippen LogP contribution in [0.2, 0.25) is 0 Å². The van der Waals surface area contributed by atoms with Crippen molar-refractivity contribution in [2.75, 3.05) is 19.6 Å². The van der Waals surface area contributed by atoms with Gasteiger partial charge in [0, 0.05) is 13.1 Å². The zero-order valence-corrected chi connectivity index (χ0v) is 5.96. The number of urea groups is 1. The molecule has 0 aromatic heterocycles. The molecular formula is C6H9N3O2. The highest BCUT2D eigenvalue weighted by atomic mass is 16.2. The Bertz CT molecular complexity index is 212. The van der Waals surface area contributed by atoms with Crippen LogP contribution in [0.5, 0.6) is 0 Å². The highest BCUT2D eigenvalue weighted by molar-refractivity contribution is 6.02. The molecule has 2 heterocycles. The maximum atomic E-state index is 11.0. The van der Waals surface area contributed by atoms with Crippen molar-refractivity contribution in [1.29, 1.82) is 0 Å². The summed E-state index contributed by atoms with van der Waals surface area (Å²) in [7, 11) is 0. The molecule has 11 heavy (non-hydrogen) atoms. The fraction of sp³-hybridized carbons (Fsp3) is 0.667. The van der Waals surface area contributed by atoms with Crippen molar-refractivity contribution in [2.24, 2.45) is 0 Å². The summed E-state index contributed by atoms with van der Waals surface area (Å²) in [6.07, 6.45) is 0. The van der Waals surface area contributed by atoms with Crippen LogP contribution in [-0.4, -0.2) is 42.5 Å². The lowest BCUT2D eigenvalue weighted by Crippen LogP contribution is -2.57. The molecule has 0 unspecified atom stereocenters. The molecule has 5 nitrogen and oxygen atoms in total.